The molecule has 2 heterocycles. The van der Waals surface area contributed by atoms with Crippen LogP contribution in [-0.2, 0) is 0 Å². The van der Waals surface area contributed by atoms with Gasteiger partial charge in [0, 0.05) is 44.0 Å². The second kappa shape index (κ2) is 13.6. The molecule has 0 aliphatic heterocycles. The molecule has 0 N–H and O–H groups in total. The van der Waals surface area contributed by atoms with E-state index in [1.165, 1.54) is 21.9 Å². The van der Waals surface area contributed by atoms with Crippen molar-refractivity contribution in [3.8, 4) is 39.1 Å². The van der Waals surface area contributed by atoms with E-state index in [9.17, 15) is 0 Å². The molecule has 0 unspecified atom stereocenters. The third kappa shape index (κ3) is 5.43. The molecule has 0 aliphatic rings. The van der Waals surface area contributed by atoms with Crippen LogP contribution in [0.2, 0.25) is 0 Å². The number of nitrogens with zero attached hydrogens (tertiary/aromatic N) is 2. The van der Waals surface area contributed by atoms with Gasteiger partial charge in [-0.2, -0.15) is 0 Å². The van der Waals surface area contributed by atoms with Crippen LogP contribution >= 0.6 is 0 Å². The minimum absolute atomic E-state index is 0.889. The quantitative estimate of drug-likeness (QED) is 0.163. The van der Waals surface area contributed by atoms with Gasteiger partial charge < -0.3 is 13.9 Å². The molecule has 0 bridgehead atoms. The first-order valence-electron chi connectivity index (χ1n) is 19.4. The van der Waals surface area contributed by atoms with Crippen molar-refractivity contribution < 1.29 is 4.42 Å². The molecule has 2 aromatic heterocycles. The molecule has 268 valence electrons. The SMILES string of the molecule is c1ccc(-c2ccc(N(c3ccccc3)c3cccc4c3c3ccccc3n4-c3ccccc3-c3ccccc3)cc2-c2cccc3c2oc2ccccc23)cc1. The summed E-state index contributed by atoms with van der Waals surface area (Å²) < 4.78 is 9.11. The summed E-state index contributed by atoms with van der Waals surface area (Å²) in [5, 5.41) is 4.61. The molecule has 0 amide bonds. The lowest BCUT2D eigenvalue weighted by Gasteiger charge is -2.28. The van der Waals surface area contributed by atoms with Crippen molar-refractivity contribution >= 4 is 60.8 Å². The van der Waals surface area contributed by atoms with E-state index in [1.807, 2.05) is 6.07 Å². The lowest BCUT2D eigenvalue weighted by Crippen LogP contribution is -2.10. The van der Waals surface area contributed by atoms with Crippen LogP contribution in [0, 0.1) is 0 Å². The van der Waals surface area contributed by atoms with Crippen molar-refractivity contribution in [1.29, 1.82) is 0 Å². The predicted molar refractivity (Wildman–Crippen MR) is 239 cm³/mol. The molecule has 11 rings (SSSR count). The van der Waals surface area contributed by atoms with Gasteiger partial charge in [0.2, 0.25) is 0 Å². The summed E-state index contributed by atoms with van der Waals surface area (Å²) in [5.41, 5.74) is 15.3. The topological polar surface area (TPSA) is 21.3 Å². The van der Waals surface area contributed by atoms with Crippen LogP contribution in [0.4, 0.5) is 17.1 Å². The normalized spacial score (nSPS) is 11.5. The first-order valence-corrected chi connectivity index (χ1v) is 19.4. The molecular weight excluding hydrogens is 693 g/mol. The van der Waals surface area contributed by atoms with Crippen LogP contribution in [0.15, 0.2) is 223 Å². The largest absolute Gasteiger partial charge is 0.455 e. The summed E-state index contributed by atoms with van der Waals surface area (Å²) in [5.74, 6) is 0. The van der Waals surface area contributed by atoms with Gasteiger partial charge in [0.1, 0.15) is 11.2 Å². The number of para-hydroxylation sites is 5. The van der Waals surface area contributed by atoms with E-state index in [0.717, 1.165) is 78.0 Å². The Bertz CT molecular complexity index is 3230. The first-order chi connectivity index (χ1) is 28.3. The third-order valence-corrected chi connectivity index (χ3v) is 11.2. The predicted octanol–water partition coefficient (Wildman–Crippen LogP) is 15.2. The van der Waals surface area contributed by atoms with Crippen molar-refractivity contribution in [2.45, 2.75) is 0 Å². The smallest absolute Gasteiger partial charge is 0.143 e. The maximum absolute atomic E-state index is 6.67. The van der Waals surface area contributed by atoms with E-state index in [1.54, 1.807) is 0 Å². The van der Waals surface area contributed by atoms with Gasteiger partial charge in [-0.15, -0.1) is 0 Å². The number of rotatable bonds is 7. The average Bonchev–Trinajstić information content (AvgIpc) is 3.84. The summed E-state index contributed by atoms with van der Waals surface area (Å²) in [6, 6.07) is 78.1. The Labute approximate surface area is 330 Å². The van der Waals surface area contributed by atoms with Gasteiger partial charge >= 0.3 is 0 Å². The fourth-order valence-electron chi connectivity index (χ4n) is 8.70. The Kier molecular flexibility index (Phi) is 7.82. The minimum Gasteiger partial charge on any atom is -0.455 e. The van der Waals surface area contributed by atoms with Gasteiger partial charge in [-0.1, -0.05) is 164 Å². The lowest BCUT2D eigenvalue weighted by molar-refractivity contribution is 0.670. The van der Waals surface area contributed by atoms with E-state index in [4.69, 9.17) is 4.42 Å². The standard InChI is InChI=1S/C54H36N2O/c1-4-18-37(19-5-1)41-35-34-40(36-47(41)45-28-16-27-44-43-25-12-15-33-52(43)57-54(44)45)55(39-22-8-3-9-23-39)50-31-17-32-51-53(50)46-26-11-14-30-49(46)56(51)48-29-13-10-24-42(48)38-20-6-2-7-21-38/h1-36H. The highest BCUT2D eigenvalue weighted by molar-refractivity contribution is 6.17. The second-order valence-electron chi connectivity index (χ2n) is 14.5. The molecule has 0 saturated heterocycles. The monoisotopic (exact) mass is 728 g/mol. The highest BCUT2D eigenvalue weighted by atomic mass is 16.3. The van der Waals surface area contributed by atoms with E-state index in [-0.39, 0.29) is 0 Å². The Morgan fingerprint density at radius 3 is 1.77 bits per heavy atom. The van der Waals surface area contributed by atoms with Crippen LogP contribution in [0.1, 0.15) is 0 Å². The summed E-state index contributed by atoms with van der Waals surface area (Å²) >= 11 is 0. The van der Waals surface area contributed by atoms with Gasteiger partial charge in [-0.3, -0.25) is 0 Å². The maximum atomic E-state index is 6.67. The van der Waals surface area contributed by atoms with Crippen LogP contribution in [0.3, 0.4) is 0 Å². The van der Waals surface area contributed by atoms with Gasteiger partial charge in [0.25, 0.3) is 0 Å². The first kappa shape index (κ1) is 32.8. The lowest BCUT2D eigenvalue weighted by atomic mass is 9.92. The highest BCUT2D eigenvalue weighted by Crippen LogP contribution is 2.47. The van der Waals surface area contributed by atoms with E-state index in [0.29, 0.717) is 0 Å². The maximum Gasteiger partial charge on any atom is 0.143 e. The molecule has 0 aliphatic carbocycles. The molecule has 57 heavy (non-hydrogen) atoms. The second-order valence-corrected chi connectivity index (χ2v) is 14.5. The van der Waals surface area contributed by atoms with Crippen molar-refractivity contribution in [1.82, 2.24) is 4.57 Å². The van der Waals surface area contributed by atoms with Gasteiger partial charge in [-0.05, 0) is 76.9 Å². The summed E-state index contributed by atoms with van der Waals surface area (Å²) in [7, 11) is 0. The number of furan rings is 1. The molecular formula is C54H36N2O. The Balaban J connectivity index is 1.19. The van der Waals surface area contributed by atoms with Crippen LogP contribution < -0.4 is 4.90 Å². The zero-order valence-corrected chi connectivity index (χ0v) is 31.1. The zero-order valence-electron chi connectivity index (χ0n) is 31.1. The van der Waals surface area contributed by atoms with Crippen LogP contribution in [-0.4, -0.2) is 4.57 Å². The van der Waals surface area contributed by atoms with Gasteiger partial charge in [0.05, 0.1) is 22.4 Å². The molecule has 0 fully saturated rings. The van der Waals surface area contributed by atoms with Crippen molar-refractivity contribution in [3.63, 3.8) is 0 Å². The molecule has 0 atom stereocenters. The van der Waals surface area contributed by atoms with Crippen LogP contribution in [0.5, 0.6) is 0 Å². The molecule has 9 aromatic carbocycles. The number of hydrogen-bond acceptors (Lipinski definition) is 2. The fraction of sp³-hybridized carbons (Fsp3) is 0. The highest BCUT2D eigenvalue weighted by Gasteiger charge is 2.24. The minimum atomic E-state index is 0.889. The molecule has 0 radical (unpaired) electrons. The Morgan fingerprint density at radius 2 is 0.965 bits per heavy atom. The number of anilines is 3. The van der Waals surface area contributed by atoms with Gasteiger partial charge in [-0.25, -0.2) is 0 Å². The number of aromatic nitrogens is 1. The van der Waals surface area contributed by atoms with Crippen molar-refractivity contribution in [3.05, 3.63) is 218 Å². The summed E-state index contributed by atoms with van der Waals surface area (Å²) in [6.45, 7) is 0. The van der Waals surface area contributed by atoms with Crippen molar-refractivity contribution in [2.75, 3.05) is 4.90 Å². The summed E-state index contributed by atoms with van der Waals surface area (Å²) in [6.07, 6.45) is 0. The Hall–Kier alpha value is -7.62. The van der Waals surface area contributed by atoms with Crippen LogP contribution in [0.25, 0.3) is 82.8 Å². The number of hydrogen-bond donors (Lipinski definition) is 0. The molecule has 11 aromatic rings. The molecule has 0 spiro atoms. The molecule has 3 nitrogen and oxygen atoms in total. The molecule has 0 saturated carbocycles. The van der Waals surface area contributed by atoms with Gasteiger partial charge in [0.15, 0.2) is 0 Å². The fourth-order valence-corrected chi connectivity index (χ4v) is 8.70. The molecule has 3 heteroatoms. The van der Waals surface area contributed by atoms with E-state index in [2.05, 4.69) is 222 Å². The van der Waals surface area contributed by atoms with E-state index < -0.39 is 0 Å². The summed E-state index contributed by atoms with van der Waals surface area (Å²) in [4.78, 5) is 2.42. The number of fused-ring (bicyclic) bond motifs is 6. The third-order valence-electron chi connectivity index (χ3n) is 11.2. The van der Waals surface area contributed by atoms with E-state index >= 15 is 0 Å². The Morgan fingerprint density at radius 1 is 0.368 bits per heavy atom. The number of benzene rings is 9. The van der Waals surface area contributed by atoms with Crippen molar-refractivity contribution in [2.24, 2.45) is 0 Å². The average molecular weight is 729 g/mol. The zero-order chi connectivity index (χ0) is 37.7.